The highest BCUT2D eigenvalue weighted by Gasteiger charge is 2.35. The molecule has 0 bridgehead atoms. The minimum absolute atomic E-state index is 0.157. The number of fused-ring (bicyclic) bond motifs is 6. The molecule has 10 aromatic rings. The van der Waals surface area contributed by atoms with E-state index in [1.807, 2.05) is 12.1 Å². The second kappa shape index (κ2) is 13.9. The minimum Gasteiger partial charge on any atom is -0.208 e. The Balaban J connectivity index is 1.21. The highest BCUT2D eigenvalue weighted by Crippen LogP contribution is 2.51. The first-order valence-electron chi connectivity index (χ1n) is 20.3. The number of aromatic nitrogens is 3. The molecule has 0 saturated heterocycles. The summed E-state index contributed by atoms with van der Waals surface area (Å²) in [6, 6.07) is 71.4. The Labute approximate surface area is 344 Å². The zero-order chi connectivity index (χ0) is 39.5. The maximum Gasteiger partial charge on any atom is 0.165 e. The molecule has 0 amide bonds. The van der Waals surface area contributed by atoms with Gasteiger partial charge in [-0.25, -0.2) is 15.0 Å². The third kappa shape index (κ3) is 5.85. The summed E-state index contributed by atoms with van der Waals surface area (Å²) < 4.78 is 0. The van der Waals surface area contributed by atoms with Crippen LogP contribution in [0.1, 0.15) is 25.0 Å². The summed E-state index contributed by atoms with van der Waals surface area (Å²) in [5, 5.41) is 4.63. The summed E-state index contributed by atoms with van der Waals surface area (Å²) in [5.74, 6) is 1.89. The summed E-state index contributed by atoms with van der Waals surface area (Å²) in [7, 11) is 0. The van der Waals surface area contributed by atoms with Crippen LogP contribution in [0.25, 0.3) is 100 Å². The lowest BCUT2D eigenvalue weighted by molar-refractivity contribution is 0.660. The van der Waals surface area contributed by atoms with Gasteiger partial charge in [-0.1, -0.05) is 196 Å². The predicted octanol–water partition coefficient (Wildman–Crippen LogP) is 14.5. The Morgan fingerprint density at radius 1 is 0.288 bits per heavy atom. The Morgan fingerprint density at radius 2 is 0.729 bits per heavy atom. The topological polar surface area (TPSA) is 38.7 Å². The zero-order valence-electron chi connectivity index (χ0n) is 32.9. The van der Waals surface area contributed by atoms with Gasteiger partial charge in [0.15, 0.2) is 17.5 Å². The molecule has 1 aliphatic rings. The van der Waals surface area contributed by atoms with Gasteiger partial charge in [0.1, 0.15) is 0 Å². The van der Waals surface area contributed by atoms with Crippen molar-refractivity contribution in [1.29, 1.82) is 0 Å². The van der Waals surface area contributed by atoms with Crippen LogP contribution in [-0.2, 0) is 5.41 Å². The molecule has 3 nitrogen and oxygen atoms in total. The Hall–Kier alpha value is -7.49. The van der Waals surface area contributed by atoms with Gasteiger partial charge in [-0.3, -0.25) is 0 Å². The average molecular weight is 754 g/mol. The van der Waals surface area contributed by atoms with Gasteiger partial charge in [0.05, 0.1) is 0 Å². The van der Waals surface area contributed by atoms with Crippen LogP contribution in [0.4, 0.5) is 0 Å². The largest absolute Gasteiger partial charge is 0.208 e. The molecule has 11 rings (SSSR count). The fourth-order valence-corrected chi connectivity index (χ4v) is 9.22. The Bertz CT molecular complexity index is 3140. The average Bonchev–Trinajstić information content (AvgIpc) is 3.54. The van der Waals surface area contributed by atoms with Crippen molar-refractivity contribution in [2.45, 2.75) is 19.3 Å². The standard InChI is InChI=1S/C56H39N3/c1-56(2)49-30-14-13-27-45(49)46-32-31-40(35-50(46)56)51-47-28-11-9-25-43(47)44-26-10-12-29-48(44)52(51)55-58-53(41-23-15-21-38(33-41)36-17-5-3-6-18-36)57-54(59-55)42-24-16-22-39(34-42)37-19-7-4-8-20-37/h3-35H,1-2H3. The Kier molecular flexibility index (Phi) is 8.16. The van der Waals surface area contributed by atoms with Crippen LogP contribution in [0.5, 0.6) is 0 Å². The lowest BCUT2D eigenvalue weighted by Crippen LogP contribution is -2.15. The van der Waals surface area contributed by atoms with Crippen molar-refractivity contribution in [1.82, 2.24) is 15.0 Å². The first-order valence-corrected chi connectivity index (χ1v) is 20.3. The quantitative estimate of drug-likeness (QED) is 0.159. The predicted molar refractivity (Wildman–Crippen MR) is 245 cm³/mol. The molecule has 278 valence electrons. The first kappa shape index (κ1) is 34.7. The summed E-state index contributed by atoms with van der Waals surface area (Å²) >= 11 is 0. The number of hydrogen-bond donors (Lipinski definition) is 0. The van der Waals surface area contributed by atoms with Crippen molar-refractivity contribution < 1.29 is 0 Å². The SMILES string of the molecule is CC1(C)c2ccccc2-c2ccc(-c3c(-c4nc(-c5cccc(-c6ccccc6)c5)nc(-c5cccc(-c6ccccc6)c5)n4)c4ccccc4c4ccccc34)cc21. The van der Waals surface area contributed by atoms with Crippen molar-refractivity contribution >= 4 is 21.5 Å². The van der Waals surface area contributed by atoms with Crippen molar-refractivity contribution in [3.63, 3.8) is 0 Å². The fourth-order valence-electron chi connectivity index (χ4n) is 9.22. The van der Waals surface area contributed by atoms with Crippen LogP contribution in [-0.4, -0.2) is 15.0 Å². The number of nitrogens with zero attached hydrogens (tertiary/aromatic N) is 3. The minimum atomic E-state index is -0.157. The molecule has 1 aliphatic carbocycles. The molecule has 0 unspecified atom stereocenters. The molecular formula is C56H39N3. The van der Waals surface area contributed by atoms with E-state index in [4.69, 9.17) is 15.0 Å². The van der Waals surface area contributed by atoms with E-state index in [-0.39, 0.29) is 5.41 Å². The van der Waals surface area contributed by atoms with Gasteiger partial charge in [-0.05, 0) is 89.8 Å². The summed E-state index contributed by atoms with van der Waals surface area (Å²) in [5.41, 5.74) is 14.7. The van der Waals surface area contributed by atoms with Crippen molar-refractivity contribution in [2.24, 2.45) is 0 Å². The highest BCUT2D eigenvalue weighted by atomic mass is 15.0. The molecule has 0 saturated carbocycles. The van der Waals surface area contributed by atoms with E-state index in [9.17, 15) is 0 Å². The number of benzene rings is 9. The Morgan fingerprint density at radius 3 is 1.32 bits per heavy atom. The van der Waals surface area contributed by atoms with Crippen LogP contribution in [0.15, 0.2) is 200 Å². The molecule has 0 atom stereocenters. The van der Waals surface area contributed by atoms with Crippen molar-refractivity contribution in [2.75, 3.05) is 0 Å². The first-order chi connectivity index (χ1) is 29.0. The number of hydrogen-bond acceptors (Lipinski definition) is 3. The van der Waals surface area contributed by atoms with Crippen LogP contribution < -0.4 is 0 Å². The van der Waals surface area contributed by atoms with E-state index < -0.39 is 0 Å². The molecule has 1 heterocycles. The van der Waals surface area contributed by atoms with Crippen LogP contribution in [0.2, 0.25) is 0 Å². The van der Waals surface area contributed by atoms with E-state index in [1.165, 1.54) is 27.6 Å². The molecule has 0 spiro atoms. The van der Waals surface area contributed by atoms with Gasteiger partial charge >= 0.3 is 0 Å². The van der Waals surface area contributed by atoms with Crippen LogP contribution >= 0.6 is 0 Å². The zero-order valence-corrected chi connectivity index (χ0v) is 32.9. The van der Waals surface area contributed by atoms with Gasteiger partial charge in [-0.2, -0.15) is 0 Å². The van der Waals surface area contributed by atoms with Crippen LogP contribution in [0.3, 0.4) is 0 Å². The lowest BCUT2D eigenvalue weighted by Gasteiger charge is -2.23. The van der Waals surface area contributed by atoms with Gasteiger partial charge in [0.25, 0.3) is 0 Å². The maximum atomic E-state index is 5.47. The molecule has 59 heavy (non-hydrogen) atoms. The molecule has 0 fully saturated rings. The van der Waals surface area contributed by atoms with Gasteiger partial charge < -0.3 is 0 Å². The monoisotopic (exact) mass is 753 g/mol. The van der Waals surface area contributed by atoms with E-state index >= 15 is 0 Å². The van der Waals surface area contributed by atoms with E-state index in [1.54, 1.807) is 0 Å². The molecule has 1 aromatic heterocycles. The molecule has 0 N–H and O–H groups in total. The van der Waals surface area contributed by atoms with E-state index in [0.717, 1.165) is 66.2 Å². The van der Waals surface area contributed by atoms with Gasteiger partial charge in [0, 0.05) is 27.7 Å². The summed E-state index contributed by atoms with van der Waals surface area (Å²) in [6.07, 6.45) is 0. The van der Waals surface area contributed by atoms with Crippen LogP contribution in [0, 0.1) is 0 Å². The fraction of sp³-hybridized carbons (Fsp3) is 0.0536. The molecular weight excluding hydrogens is 715 g/mol. The van der Waals surface area contributed by atoms with E-state index in [0.29, 0.717) is 17.5 Å². The lowest BCUT2D eigenvalue weighted by atomic mass is 9.80. The van der Waals surface area contributed by atoms with Gasteiger partial charge in [0.2, 0.25) is 0 Å². The third-order valence-electron chi connectivity index (χ3n) is 12.1. The second-order valence-electron chi connectivity index (χ2n) is 16.0. The van der Waals surface area contributed by atoms with E-state index in [2.05, 4.69) is 202 Å². The molecule has 3 heteroatoms. The normalized spacial score (nSPS) is 12.7. The second-order valence-corrected chi connectivity index (χ2v) is 16.0. The molecule has 9 aromatic carbocycles. The van der Waals surface area contributed by atoms with Crippen molar-refractivity contribution in [3.8, 4) is 78.7 Å². The van der Waals surface area contributed by atoms with Gasteiger partial charge in [-0.15, -0.1) is 0 Å². The number of rotatable bonds is 6. The highest BCUT2D eigenvalue weighted by molar-refractivity contribution is 6.21. The summed E-state index contributed by atoms with van der Waals surface area (Å²) in [4.78, 5) is 16.2. The van der Waals surface area contributed by atoms with Crippen molar-refractivity contribution in [3.05, 3.63) is 211 Å². The smallest absolute Gasteiger partial charge is 0.165 e. The molecule has 0 radical (unpaired) electrons. The third-order valence-corrected chi connectivity index (χ3v) is 12.1. The maximum absolute atomic E-state index is 5.47. The molecule has 0 aliphatic heterocycles. The summed E-state index contributed by atoms with van der Waals surface area (Å²) in [6.45, 7) is 4.69.